The van der Waals surface area contributed by atoms with Crippen molar-refractivity contribution in [2.45, 2.75) is 0 Å². The zero-order chi connectivity index (χ0) is 34.7. The molecule has 7 aromatic rings. The summed E-state index contributed by atoms with van der Waals surface area (Å²) in [5.74, 6) is 3.07. The van der Waals surface area contributed by atoms with Gasteiger partial charge < -0.3 is 58.1 Å². The van der Waals surface area contributed by atoms with E-state index in [4.69, 9.17) is 27.9 Å². The Hall–Kier alpha value is -4.29. The predicted octanol–water partition coefficient (Wildman–Crippen LogP) is -1.13. The van der Waals surface area contributed by atoms with Crippen LogP contribution in [0.25, 0.3) is 32.3 Å². The molecule has 0 atom stereocenters. The molecular weight excluding hydrogens is 713 g/mol. The molecule has 0 amide bonds. The van der Waals surface area contributed by atoms with Crippen molar-refractivity contribution >= 4 is 138 Å². The molecule has 0 unspecified atom stereocenters. The van der Waals surface area contributed by atoms with Gasteiger partial charge in [-0.15, -0.1) is 0 Å². The van der Waals surface area contributed by atoms with E-state index >= 15 is 0 Å². The maximum Gasteiger partial charge on any atom is 0.643 e. The van der Waals surface area contributed by atoms with E-state index in [9.17, 15) is 30.1 Å². The van der Waals surface area contributed by atoms with Gasteiger partial charge in [0.25, 0.3) is 0 Å². The molecule has 0 spiro atoms. The number of rotatable bonds is 6. The van der Waals surface area contributed by atoms with Gasteiger partial charge >= 0.3 is 42.7 Å². The highest BCUT2D eigenvalue weighted by atomic mass is 32.1. The molecule has 4 aromatic carbocycles. The van der Waals surface area contributed by atoms with Crippen LogP contribution in [-0.4, -0.2) is 72.9 Å². The third kappa shape index (κ3) is 5.11. The van der Waals surface area contributed by atoms with Crippen molar-refractivity contribution in [1.29, 1.82) is 0 Å². The quantitative estimate of drug-likeness (QED) is 0.0899. The first kappa shape index (κ1) is 31.4. The van der Waals surface area contributed by atoms with E-state index in [1.807, 2.05) is 36.4 Å². The van der Waals surface area contributed by atoms with E-state index in [0.717, 1.165) is 32.3 Å². The lowest BCUT2D eigenvalue weighted by molar-refractivity contribution is 0.425. The summed E-state index contributed by atoms with van der Waals surface area (Å²) in [5.41, 5.74) is 0. The second-order valence-corrected chi connectivity index (χ2v) is 15.5. The minimum absolute atomic E-state index is 0.372. The Morgan fingerprint density at radius 1 is 0.353 bits per heavy atom. The summed E-state index contributed by atoms with van der Waals surface area (Å²) in [5, 5.41) is 62.8. The van der Waals surface area contributed by atoms with Crippen molar-refractivity contribution in [2.24, 2.45) is 0 Å². The van der Waals surface area contributed by atoms with Crippen LogP contribution in [0, 0.1) is 0 Å². The summed E-state index contributed by atoms with van der Waals surface area (Å²) in [7, 11) is -7.14. The molecule has 0 saturated heterocycles. The van der Waals surface area contributed by atoms with Gasteiger partial charge in [-0.1, -0.05) is 18.2 Å². The smallest absolute Gasteiger partial charge is 0.519 e. The molecule has 21 heteroatoms. The molecule has 10 rings (SSSR count). The fourth-order valence-electron chi connectivity index (χ4n) is 6.58. The molecule has 3 aliphatic rings. The fraction of sp³-hybridized carbons (Fsp3) is 0. The van der Waals surface area contributed by atoms with Crippen LogP contribution in [0.15, 0.2) is 72.8 Å². The number of thiophene rings is 3. The standard InChI is InChI=1S/C30H18B6O12S3/c37-31(38)25-1-4-28(49-25)34-43-19-7-13-14(8-20(19)44-34)16-10-22-24(48-36(46-22)30-6-3-27(51-30)33(41)42)12-18(16)17-11-23-21(9-15(13)17)45-35(47-23)29-5-2-26(50-29)32(39)40/h1-12,37-42H. The van der Waals surface area contributed by atoms with Crippen LogP contribution < -0.4 is 56.6 Å². The number of fused-ring (bicyclic) bond motifs is 9. The number of hydrogen-bond donors (Lipinski definition) is 6. The van der Waals surface area contributed by atoms with E-state index in [0.29, 0.717) is 63.2 Å². The molecule has 0 fully saturated rings. The first-order valence-electron chi connectivity index (χ1n) is 15.6. The van der Waals surface area contributed by atoms with Gasteiger partial charge in [-0.2, -0.15) is 34.0 Å². The molecule has 6 N–H and O–H groups in total. The fourth-order valence-corrected chi connectivity index (χ4v) is 9.11. The monoisotopic (exact) mass is 732 g/mol. The van der Waals surface area contributed by atoms with Crippen LogP contribution in [0.3, 0.4) is 0 Å². The molecule has 0 aliphatic carbocycles. The highest BCUT2D eigenvalue weighted by molar-refractivity contribution is 7.31. The summed E-state index contributed by atoms with van der Waals surface area (Å²) in [6, 6.07) is 21.6. The normalized spacial score (nSPS) is 14.1. The van der Waals surface area contributed by atoms with Gasteiger partial charge in [0.05, 0.1) is 14.3 Å². The highest BCUT2D eigenvalue weighted by Gasteiger charge is 2.40. The minimum atomic E-state index is -1.60. The Morgan fingerprint density at radius 2 is 0.569 bits per heavy atom. The van der Waals surface area contributed by atoms with Crippen LogP contribution in [-0.2, 0) is 0 Å². The average Bonchev–Trinajstić information content (AvgIpc) is 3.95. The molecule has 0 radical (unpaired) electrons. The van der Waals surface area contributed by atoms with Gasteiger partial charge in [0.2, 0.25) is 0 Å². The third-order valence-electron chi connectivity index (χ3n) is 8.93. The zero-order valence-electron chi connectivity index (χ0n) is 25.7. The largest absolute Gasteiger partial charge is 0.643 e. The van der Waals surface area contributed by atoms with Gasteiger partial charge in [0.15, 0.2) is 0 Å². The van der Waals surface area contributed by atoms with Crippen molar-refractivity contribution in [3.8, 4) is 34.5 Å². The molecular formula is C30H18B6O12S3. The summed E-state index contributed by atoms with van der Waals surface area (Å²) >= 11 is 3.55. The second-order valence-electron chi connectivity index (χ2n) is 12.1. The Morgan fingerprint density at radius 3 is 0.745 bits per heavy atom. The van der Waals surface area contributed by atoms with E-state index in [2.05, 4.69) is 0 Å². The molecule has 12 nitrogen and oxygen atoms in total. The SMILES string of the molecule is OB(O)c1ccc(B2Oc3cc4c5cc6c(cc5c5cc7c(cc5c4cc3O2)OB(c2ccc(B(O)O)s2)O7)OB(c2ccc(B(O)O)s2)O6)s1. The molecule has 246 valence electrons. The molecule has 6 heterocycles. The Kier molecular flexibility index (Phi) is 7.16. The lowest BCUT2D eigenvalue weighted by Crippen LogP contribution is -2.37. The average molecular weight is 732 g/mol. The maximum absolute atomic E-state index is 9.63. The second kappa shape index (κ2) is 11.6. The van der Waals surface area contributed by atoms with Crippen LogP contribution in [0.5, 0.6) is 34.5 Å². The van der Waals surface area contributed by atoms with Crippen molar-refractivity contribution in [2.75, 3.05) is 0 Å². The summed E-state index contributed by atoms with van der Waals surface area (Å²) in [6.45, 7) is 0. The first-order valence-corrected chi connectivity index (χ1v) is 18.0. The van der Waals surface area contributed by atoms with E-state index < -0.39 is 42.7 Å². The van der Waals surface area contributed by atoms with Crippen LogP contribution in [0.4, 0.5) is 0 Å². The zero-order valence-corrected chi connectivity index (χ0v) is 28.2. The van der Waals surface area contributed by atoms with Crippen LogP contribution in [0.2, 0.25) is 0 Å². The van der Waals surface area contributed by atoms with Crippen LogP contribution in [0.1, 0.15) is 0 Å². The van der Waals surface area contributed by atoms with E-state index in [-0.39, 0.29) is 0 Å². The molecule has 3 aromatic heterocycles. The van der Waals surface area contributed by atoms with Gasteiger partial charge in [0, 0.05) is 14.3 Å². The lowest BCUT2D eigenvalue weighted by Gasteiger charge is -2.14. The lowest BCUT2D eigenvalue weighted by atomic mass is 9.87. The summed E-state index contributed by atoms with van der Waals surface area (Å²) in [4.78, 5) is 0. The Bertz CT molecular complexity index is 2150. The van der Waals surface area contributed by atoms with Crippen LogP contribution >= 0.6 is 34.0 Å². The van der Waals surface area contributed by atoms with Gasteiger partial charge in [0.1, 0.15) is 34.5 Å². The molecule has 0 bridgehead atoms. The van der Waals surface area contributed by atoms with Crippen molar-refractivity contribution in [3.05, 3.63) is 72.8 Å². The molecule has 3 aliphatic heterocycles. The Labute approximate surface area is 301 Å². The van der Waals surface area contributed by atoms with Crippen molar-refractivity contribution < 1.29 is 58.1 Å². The third-order valence-corrected chi connectivity index (χ3v) is 12.4. The predicted molar refractivity (Wildman–Crippen MR) is 201 cm³/mol. The Balaban J connectivity index is 1.11. The topological polar surface area (TPSA) is 177 Å². The van der Waals surface area contributed by atoms with Crippen molar-refractivity contribution in [1.82, 2.24) is 0 Å². The van der Waals surface area contributed by atoms with E-state index in [1.165, 1.54) is 34.0 Å². The summed E-state index contributed by atoms with van der Waals surface area (Å²) < 4.78 is 40.6. The maximum atomic E-state index is 9.63. The van der Waals surface area contributed by atoms with Gasteiger partial charge in [-0.25, -0.2) is 0 Å². The van der Waals surface area contributed by atoms with Crippen molar-refractivity contribution in [3.63, 3.8) is 0 Å². The summed E-state index contributed by atoms with van der Waals surface area (Å²) in [6.07, 6.45) is 0. The minimum Gasteiger partial charge on any atom is -0.519 e. The van der Waals surface area contributed by atoms with E-state index in [1.54, 1.807) is 36.4 Å². The highest BCUT2D eigenvalue weighted by Crippen LogP contribution is 2.49. The number of hydrogen-bond acceptors (Lipinski definition) is 15. The van der Waals surface area contributed by atoms with Gasteiger partial charge in [-0.3, -0.25) is 0 Å². The first-order chi connectivity index (χ1) is 24.7. The molecule has 51 heavy (non-hydrogen) atoms. The molecule has 0 saturated carbocycles. The number of benzene rings is 4. The van der Waals surface area contributed by atoms with Gasteiger partial charge in [-0.05, 0) is 86.9 Å².